The van der Waals surface area contributed by atoms with Crippen LogP contribution in [0.1, 0.15) is 40.0 Å². The van der Waals surface area contributed by atoms with Crippen LogP contribution in [-0.2, 0) is 4.74 Å². The highest BCUT2D eigenvalue weighted by Gasteiger charge is 2.19. The Morgan fingerprint density at radius 1 is 1.29 bits per heavy atom. The van der Waals surface area contributed by atoms with Crippen molar-refractivity contribution in [3.63, 3.8) is 0 Å². The summed E-state index contributed by atoms with van der Waals surface area (Å²) in [6, 6.07) is 0.0585. The highest BCUT2D eigenvalue weighted by atomic mass is 16.5. The number of aliphatic hydroxyl groups is 2. The zero-order chi connectivity index (χ0) is 15.7. The molecule has 0 aromatic heterocycles. The van der Waals surface area contributed by atoms with E-state index in [1.807, 2.05) is 0 Å². The van der Waals surface area contributed by atoms with E-state index in [2.05, 4.69) is 38.2 Å². The van der Waals surface area contributed by atoms with Crippen molar-refractivity contribution >= 4 is 0 Å². The average molecular weight is 299 g/mol. The van der Waals surface area contributed by atoms with Gasteiger partial charge in [-0.2, -0.15) is 0 Å². The normalized spacial score (nSPS) is 25.2. The van der Waals surface area contributed by atoms with Crippen LogP contribution in [0.3, 0.4) is 0 Å². The molecule has 0 aromatic rings. The number of allylic oxidation sites excluding steroid dienone is 2. The lowest BCUT2D eigenvalue weighted by molar-refractivity contribution is 0.0109. The summed E-state index contributed by atoms with van der Waals surface area (Å²) in [5.74, 6) is 1.76. The molecule has 0 fully saturated rings. The van der Waals surface area contributed by atoms with E-state index in [1.54, 1.807) is 0 Å². The lowest BCUT2D eigenvalue weighted by atomic mass is 9.85. The summed E-state index contributed by atoms with van der Waals surface area (Å²) < 4.78 is 5.67. The fraction of sp³-hybridized carbons (Fsp3) is 0.882. The Hall–Kier alpha value is -0.420. The van der Waals surface area contributed by atoms with Crippen molar-refractivity contribution in [1.82, 2.24) is 5.32 Å². The molecule has 1 rings (SSSR count). The van der Waals surface area contributed by atoms with Gasteiger partial charge in [0.25, 0.3) is 0 Å². The Labute approximate surface area is 129 Å². The van der Waals surface area contributed by atoms with Gasteiger partial charge in [0, 0.05) is 12.6 Å². The van der Waals surface area contributed by atoms with Crippen LogP contribution in [0.4, 0.5) is 0 Å². The maximum atomic E-state index is 9.94. The molecule has 124 valence electrons. The van der Waals surface area contributed by atoms with Gasteiger partial charge >= 0.3 is 0 Å². The van der Waals surface area contributed by atoms with Gasteiger partial charge in [-0.05, 0) is 37.0 Å². The van der Waals surface area contributed by atoms with Gasteiger partial charge in [-0.25, -0.2) is 0 Å². The molecule has 4 atom stereocenters. The minimum Gasteiger partial charge on any atom is -0.395 e. The standard InChI is InChI=1S/C17H33NO3/c1-13(2)8-16(10-19)18-9-17(20)12-21-11-15-7-5-4-6-14(15)3/h4-5,13-20H,6-12H2,1-3H3. The Bertz CT molecular complexity index is 294. The first-order valence-corrected chi connectivity index (χ1v) is 8.28. The lowest BCUT2D eigenvalue weighted by Gasteiger charge is -2.26. The lowest BCUT2D eigenvalue weighted by Crippen LogP contribution is -2.40. The summed E-state index contributed by atoms with van der Waals surface area (Å²) in [4.78, 5) is 0. The molecule has 0 saturated carbocycles. The second-order valence-electron chi connectivity index (χ2n) is 6.79. The number of aliphatic hydroxyl groups excluding tert-OH is 2. The molecule has 0 heterocycles. The van der Waals surface area contributed by atoms with Crippen molar-refractivity contribution in [3.8, 4) is 0 Å². The van der Waals surface area contributed by atoms with Gasteiger partial charge in [-0.3, -0.25) is 0 Å². The topological polar surface area (TPSA) is 61.7 Å². The van der Waals surface area contributed by atoms with Crippen LogP contribution < -0.4 is 5.32 Å². The summed E-state index contributed by atoms with van der Waals surface area (Å²) in [5.41, 5.74) is 0. The van der Waals surface area contributed by atoms with E-state index in [-0.39, 0.29) is 12.6 Å². The third kappa shape index (κ3) is 7.96. The third-order valence-corrected chi connectivity index (χ3v) is 4.18. The van der Waals surface area contributed by atoms with Gasteiger partial charge in [-0.1, -0.05) is 32.9 Å². The van der Waals surface area contributed by atoms with Crippen LogP contribution in [0.15, 0.2) is 12.2 Å². The van der Waals surface area contributed by atoms with Gasteiger partial charge in [-0.15, -0.1) is 0 Å². The minimum atomic E-state index is -0.513. The Balaban J connectivity index is 2.13. The highest BCUT2D eigenvalue weighted by molar-refractivity contribution is 4.93. The summed E-state index contributed by atoms with van der Waals surface area (Å²) in [5, 5.41) is 22.4. The van der Waals surface area contributed by atoms with Crippen molar-refractivity contribution in [3.05, 3.63) is 12.2 Å². The summed E-state index contributed by atoms with van der Waals surface area (Å²) in [6.07, 6.45) is 7.08. The van der Waals surface area contributed by atoms with Crippen molar-refractivity contribution in [2.75, 3.05) is 26.4 Å². The van der Waals surface area contributed by atoms with Crippen LogP contribution in [0.5, 0.6) is 0 Å². The van der Waals surface area contributed by atoms with Crippen LogP contribution in [-0.4, -0.2) is 48.7 Å². The zero-order valence-corrected chi connectivity index (χ0v) is 13.8. The quantitative estimate of drug-likeness (QED) is 0.540. The van der Waals surface area contributed by atoms with Crippen LogP contribution in [0.25, 0.3) is 0 Å². The Morgan fingerprint density at radius 3 is 2.62 bits per heavy atom. The largest absolute Gasteiger partial charge is 0.395 e. The van der Waals surface area contributed by atoms with Crippen LogP contribution >= 0.6 is 0 Å². The van der Waals surface area contributed by atoms with Crippen LogP contribution in [0.2, 0.25) is 0 Å². The van der Waals surface area contributed by atoms with Crippen LogP contribution in [0, 0.1) is 17.8 Å². The highest BCUT2D eigenvalue weighted by Crippen LogP contribution is 2.24. The van der Waals surface area contributed by atoms with E-state index in [9.17, 15) is 10.2 Å². The number of hydrogen-bond acceptors (Lipinski definition) is 4. The van der Waals surface area contributed by atoms with Gasteiger partial charge in [0.2, 0.25) is 0 Å². The molecule has 0 aromatic carbocycles. The van der Waals surface area contributed by atoms with E-state index in [4.69, 9.17) is 4.74 Å². The van der Waals surface area contributed by atoms with Gasteiger partial charge in [0.05, 0.1) is 25.9 Å². The summed E-state index contributed by atoms with van der Waals surface area (Å²) in [6.45, 7) is 8.17. The van der Waals surface area contributed by atoms with Crippen molar-refractivity contribution in [2.24, 2.45) is 17.8 Å². The molecule has 3 N–H and O–H groups in total. The van der Waals surface area contributed by atoms with Crippen molar-refractivity contribution < 1.29 is 14.9 Å². The Morgan fingerprint density at radius 2 is 2.00 bits per heavy atom. The molecule has 0 saturated heterocycles. The molecule has 0 aliphatic heterocycles. The second kappa shape index (κ2) is 10.3. The maximum Gasteiger partial charge on any atom is 0.0897 e. The molecule has 4 heteroatoms. The van der Waals surface area contributed by atoms with E-state index < -0.39 is 6.10 Å². The smallest absolute Gasteiger partial charge is 0.0897 e. The first kappa shape index (κ1) is 18.6. The van der Waals surface area contributed by atoms with Gasteiger partial charge in [0.15, 0.2) is 0 Å². The van der Waals surface area contributed by atoms with E-state index in [0.717, 1.165) is 25.9 Å². The van der Waals surface area contributed by atoms with E-state index >= 15 is 0 Å². The number of nitrogens with one attached hydrogen (secondary N) is 1. The second-order valence-corrected chi connectivity index (χ2v) is 6.79. The van der Waals surface area contributed by atoms with Crippen molar-refractivity contribution in [1.29, 1.82) is 0 Å². The zero-order valence-electron chi connectivity index (χ0n) is 13.8. The van der Waals surface area contributed by atoms with Gasteiger partial charge in [0.1, 0.15) is 0 Å². The monoisotopic (exact) mass is 299 g/mol. The van der Waals surface area contributed by atoms with E-state index in [0.29, 0.717) is 30.9 Å². The first-order chi connectivity index (χ1) is 10.0. The minimum absolute atomic E-state index is 0.0585. The summed E-state index contributed by atoms with van der Waals surface area (Å²) >= 11 is 0. The van der Waals surface area contributed by atoms with Crippen molar-refractivity contribution in [2.45, 2.75) is 52.2 Å². The van der Waals surface area contributed by atoms with Gasteiger partial charge < -0.3 is 20.3 Å². The molecule has 21 heavy (non-hydrogen) atoms. The molecule has 0 amide bonds. The fourth-order valence-corrected chi connectivity index (χ4v) is 2.75. The Kier molecular flexibility index (Phi) is 9.16. The average Bonchev–Trinajstić information content (AvgIpc) is 2.45. The van der Waals surface area contributed by atoms with E-state index in [1.165, 1.54) is 0 Å². The summed E-state index contributed by atoms with van der Waals surface area (Å²) in [7, 11) is 0. The molecular formula is C17H33NO3. The number of rotatable bonds is 10. The molecule has 0 bridgehead atoms. The maximum absolute atomic E-state index is 9.94. The molecule has 1 aliphatic carbocycles. The first-order valence-electron chi connectivity index (χ1n) is 8.28. The third-order valence-electron chi connectivity index (χ3n) is 4.18. The predicted octanol–water partition coefficient (Wildman–Crippen LogP) is 1.96. The molecule has 4 unspecified atom stereocenters. The number of hydrogen-bond donors (Lipinski definition) is 3. The SMILES string of the molecule is CC(C)CC(CO)NCC(O)COCC1CC=CCC1C. The fourth-order valence-electron chi connectivity index (χ4n) is 2.75. The molecule has 0 spiro atoms. The molecule has 0 radical (unpaired) electrons. The molecule has 1 aliphatic rings. The molecule has 4 nitrogen and oxygen atoms in total. The molecular weight excluding hydrogens is 266 g/mol. The predicted molar refractivity (Wildman–Crippen MR) is 86.2 cm³/mol. The number of ether oxygens (including phenoxy) is 1.